The van der Waals surface area contributed by atoms with Crippen LogP contribution in [0.1, 0.15) is 6.55 Å². The molecule has 0 spiro atoms. The van der Waals surface area contributed by atoms with E-state index in [1.54, 1.807) is 18.2 Å². The Hall–Kier alpha value is -1.98. The van der Waals surface area contributed by atoms with E-state index in [9.17, 15) is 8.78 Å². The number of hydrogen-bond acceptors (Lipinski definition) is 3. The quantitative estimate of drug-likeness (QED) is 0.823. The van der Waals surface area contributed by atoms with Crippen LogP contribution in [0.4, 0.5) is 14.6 Å². The first kappa shape index (κ1) is 9.57. The Balaban J connectivity index is 2.37. The summed E-state index contributed by atoms with van der Waals surface area (Å²) in [6.07, 6.45) is 2.56. The molecule has 0 saturated heterocycles. The highest BCUT2D eigenvalue weighted by Crippen LogP contribution is 2.19. The molecule has 15 heavy (non-hydrogen) atoms. The molecule has 2 N–H and O–H groups in total. The Kier molecular flexibility index (Phi) is 2.32. The van der Waals surface area contributed by atoms with Crippen LogP contribution in [0.3, 0.4) is 0 Å². The minimum Gasteiger partial charge on any atom is -0.384 e. The number of nitrogen functional groups attached to an aromatic ring is 1. The topological polar surface area (TPSA) is 56.7 Å². The summed E-state index contributed by atoms with van der Waals surface area (Å²) in [5, 5.41) is 3.51. The van der Waals surface area contributed by atoms with Crippen molar-refractivity contribution in [3.05, 3.63) is 30.6 Å². The number of rotatable bonds is 2. The van der Waals surface area contributed by atoms with Crippen molar-refractivity contribution >= 4 is 5.82 Å². The van der Waals surface area contributed by atoms with E-state index >= 15 is 0 Å². The molecule has 0 aliphatic rings. The van der Waals surface area contributed by atoms with E-state index in [1.165, 1.54) is 12.4 Å². The number of pyridine rings is 1. The predicted molar refractivity (Wildman–Crippen MR) is 51.1 cm³/mol. The molecule has 78 valence electrons. The van der Waals surface area contributed by atoms with Crippen LogP contribution >= 0.6 is 0 Å². The number of alkyl halides is 2. The molecule has 0 atom stereocenters. The number of anilines is 1. The van der Waals surface area contributed by atoms with E-state index in [1.807, 2.05) is 0 Å². The molecule has 6 heteroatoms. The number of halogens is 2. The van der Waals surface area contributed by atoms with Gasteiger partial charge < -0.3 is 5.73 Å². The molecule has 0 radical (unpaired) electrons. The van der Waals surface area contributed by atoms with Crippen molar-refractivity contribution in [1.82, 2.24) is 14.8 Å². The summed E-state index contributed by atoms with van der Waals surface area (Å²) in [7, 11) is 0. The van der Waals surface area contributed by atoms with Gasteiger partial charge in [0.2, 0.25) is 0 Å². The van der Waals surface area contributed by atoms with Crippen molar-refractivity contribution in [3.8, 4) is 11.3 Å². The van der Waals surface area contributed by atoms with Crippen molar-refractivity contribution in [1.29, 1.82) is 0 Å². The van der Waals surface area contributed by atoms with Crippen molar-refractivity contribution in [3.63, 3.8) is 0 Å². The molecular formula is C9H8F2N4. The fourth-order valence-electron chi connectivity index (χ4n) is 1.19. The summed E-state index contributed by atoms with van der Waals surface area (Å²) in [6.45, 7) is -2.64. The molecule has 2 aromatic rings. The number of nitrogens with zero attached hydrogens (tertiary/aromatic N) is 3. The summed E-state index contributed by atoms with van der Waals surface area (Å²) in [6, 6.07) is 5.02. The van der Waals surface area contributed by atoms with Gasteiger partial charge in [-0.3, -0.25) is 0 Å². The Bertz CT molecular complexity index is 467. The van der Waals surface area contributed by atoms with E-state index in [0.717, 1.165) is 0 Å². The molecule has 2 heterocycles. The highest BCUT2D eigenvalue weighted by Gasteiger charge is 2.09. The lowest BCUT2D eigenvalue weighted by atomic mass is 10.2. The van der Waals surface area contributed by atoms with Crippen molar-refractivity contribution in [2.45, 2.75) is 6.55 Å². The highest BCUT2D eigenvalue weighted by molar-refractivity contribution is 5.58. The average molecular weight is 210 g/mol. The molecule has 0 bridgehead atoms. The third kappa shape index (κ3) is 1.93. The smallest absolute Gasteiger partial charge is 0.333 e. The molecule has 2 aromatic heterocycles. The minimum atomic E-state index is -2.64. The fourth-order valence-corrected chi connectivity index (χ4v) is 1.19. The first-order valence-electron chi connectivity index (χ1n) is 4.22. The maximum Gasteiger partial charge on any atom is 0.333 e. The second kappa shape index (κ2) is 3.64. The SMILES string of the molecule is Nc1cccc(-c2cnn(C(F)F)c2)n1. The van der Waals surface area contributed by atoms with Crippen LogP contribution in [-0.4, -0.2) is 14.8 Å². The predicted octanol–water partition coefficient (Wildman–Crippen LogP) is 1.92. The van der Waals surface area contributed by atoms with Crippen LogP contribution < -0.4 is 5.73 Å². The zero-order valence-electron chi connectivity index (χ0n) is 7.64. The third-order valence-corrected chi connectivity index (χ3v) is 1.87. The van der Waals surface area contributed by atoms with E-state index in [2.05, 4.69) is 10.1 Å². The highest BCUT2D eigenvalue weighted by atomic mass is 19.3. The van der Waals surface area contributed by atoms with Gasteiger partial charge in [-0.1, -0.05) is 6.07 Å². The van der Waals surface area contributed by atoms with Gasteiger partial charge in [-0.15, -0.1) is 0 Å². The van der Waals surface area contributed by atoms with Crippen LogP contribution in [0, 0.1) is 0 Å². The minimum absolute atomic E-state index is 0.345. The van der Waals surface area contributed by atoms with Gasteiger partial charge in [0.15, 0.2) is 0 Å². The normalized spacial score (nSPS) is 10.9. The second-order valence-corrected chi connectivity index (χ2v) is 2.93. The summed E-state index contributed by atoms with van der Waals surface area (Å²) in [5.41, 5.74) is 6.52. The Morgan fingerprint density at radius 2 is 2.13 bits per heavy atom. The molecule has 4 nitrogen and oxygen atoms in total. The summed E-state index contributed by atoms with van der Waals surface area (Å²) < 4.78 is 25.0. The number of hydrogen-bond donors (Lipinski definition) is 1. The lowest BCUT2D eigenvalue weighted by Gasteiger charge is -1.98. The molecule has 0 aliphatic heterocycles. The van der Waals surface area contributed by atoms with Crippen molar-refractivity contribution < 1.29 is 8.78 Å². The first-order chi connectivity index (χ1) is 7.16. The van der Waals surface area contributed by atoms with Gasteiger partial charge in [0.05, 0.1) is 11.9 Å². The maximum atomic E-state index is 12.2. The molecule has 0 aliphatic carbocycles. The first-order valence-corrected chi connectivity index (χ1v) is 4.22. The Morgan fingerprint density at radius 3 is 2.73 bits per heavy atom. The Morgan fingerprint density at radius 1 is 1.33 bits per heavy atom. The van der Waals surface area contributed by atoms with Crippen LogP contribution in [0.5, 0.6) is 0 Å². The monoisotopic (exact) mass is 210 g/mol. The number of nitrogens with two attached hydrogens (primary N) is 1. The van der Waals surface area contributed by atoms with Crippen molar-refractivity contribution in [2.75, 3.05) is 5.73 Å². The maximum absolute atomic E-state index is 12.2. The van der Waals surface area contributed by atoms with Crippen molar-refractivity contribution in [2.24, 2.45) is 0 Å². The van der Waals surface area contributed by atoms with Gasteiger partial charge >= 0.3 is 6.55 Å². The summed E-state index contributed by atoms with van der Waals surface area (Å²) >= 11 is 0. The van der Waals surface area contributed by atoms with Gasteiger partial charge in [-0.05, 0) is 12.1 Å². The summed E-state index contributed by atoms with van der Waals surface area (Å²) in [4.78, 5) is 4.00. The lowest BCUT2D eigenvalue weighted by Crippen LogP contribution is -1.96. The van der Waals surface area contributed by atoms with Crippen LogP contribution in [0.2, 0.25) is 0 Å². The standard InChI is InChI=1S/C9H8F2N4/c10-9(11)15-5-6(4-13-15)7-2-1-3-8(12)14-7/h1-5,9H,(H2,12,14). The molecule has 2 rings (SSSR count). The van der Waals surface area contributed by atoms with Gasteiger partial charge in [-0.25, -0.2) is 9.67 Å². The lowest BCUT2D eigenvalue weighted by molar-refractivity contribution is 0.0566. The summed E-state index contributed by atoms with van der Waals surface area (Å²) in [5.74, 6) is 0.345. The fraction of sp³-hybridized carbons (Fsp3) is 0.111. The van der Waals surface area contributed by atoms with Gasteiger partial charge in [0.1, 0.15) is 5.82 Å². The zero-order chi connectivity index (χ0) is 10.8. The second-order valence-electron chi connectivity index (χ2n) is 2.93. The van der Waals surface area contributed by atoms with E-state index in [0.29, 0.717) is 21.8 Å². The molecule has 0 aromatic carbocycles. The van der Waals surface area contributed by atoms with Crippen LogP contribution in [0.25, 0.3) is 11.3 Å². The van der Waals surface area contributed by atoms with Crippen LogP contribution in [-0.2, 0) is 0 Å². The molecular weight excluding hydrogens is 202 g/mol. The molecule has 0 amide bonds. The van der Waals surface area contributed by atoms with Gasteiger partial charge in [-0.2, -0.15) is 13.9 Å². The Labute approximate surface area is 84.4 Å². The average Bonchev–Trinajstić information content (AvgIpc) is 2.66. The molecule has 0 fully saturated rings. The molecule has 0 saturated carbocycles. The van der Waals surface area contributed by atoms with Gasteiger partial charge in [0.25, 0.3) is 0 Å². The van der Waals surface area contributed by atoms with E-state index < -0.39 is 6.55 Å². The molecule has 0 unspecified atom stereocenters. The van der Waals surface area contributed by atoms with Crippen LogP contribution in [0.15, 0.2) is 30.6 Å². The largest absolute Gasteiger partial charge is 0.384 e. The third-order valence-electron chi connectivity index (χ3n) is 1.87. The number of aromatic nitrogens is 3. The van der Waals surface area contributed by atoms with E-state index in [4.69, 9.17) is 5.73 Å². The van der Waals surface area contributed by atoms with E-state index in [-0.39, 0.29) is 0 Å². The zero-order valence-corrected chi connectivity index (χ0v) is 7.64. The van der Waals surface area contributed by atoms with Gasteiger partial charge in [0, 0.05) is 11.8 Å².